The van der Waals surface area contributed by atoms with Crippen molar-refractivity contribution in [1.29, 1.82) is 0 Å². The molecule has 0 heterocycles. The standard InChI is InChI=1S/C29H48/c1-8-12-25(4,5)27(7)15-20(27)11-13-26(6)24-23-17-28(29(23,24)26)16-21(28)10-9-18(2)22-14-19(22)3/h18-24H,8-17H2,1-7H3. The van der Waals surface area contributed by atoms with Crippen LogP contribution in [-0.4, -0.2) is 0 Å². The second-order valence-corrected chi connectivity index (χ2v) is 14.6. The fourth-order valence-corrected chi connectivity index (χ4v) is 10.7. The Bertz CT molecular complexity index is 720. The van der Waals surface area contributed by atoms with Crippen LogP contribution < -0.4 is 0 Å². The molecule has 0 N–H and O–H groups in total. The summed E-state index contributed by atoms with van der Waals surface area (Å²) in [7, 11) is 0. The number of rotatable bonds is 10. The molecule has 6 rings (SSSR count). The van der Waals surface area contributed by atoms with E-state index in [0.29, 0.717) is 10.8 Å². The maximum atomic E-state index is 2.73. The minimum atomic E-state index is 0.551. The molecule has 164 valence electrons. The Morgan fingerprint density at radius 1 is 1.03 bits per heavy atom. The number of hydrogen-bond acceptors (Lipinski definition) is 0. The smallest absolute Gasteiger partial charge is 0.0113 e. The van der Waals surface area contributed by atoms with Crippen LogP contribution in [0.5, 0.6) is 0 Å². The third-order valence-corrected chi connectivity index (χ3v) is 13.3. The lowest BCUT2D eigenvalue weighted by molar-refractivity contribution is 0.0264. The lowest BCUT2D eigenvalue weighted by Crippen LogP contribution is -2.39. The molecule has 29 heavy (non-hydrogen) atoms. The van der Waals surface area contributed by atoms with Gasteiger partial charge in [0.1, 0.15) is 0 Å². The Labute approximate surface area is 181 Å². The lowest BCUT2D eigenvalue weighted by atomic mass is 9.59. The van der Waals surface area contributed by atoms with Gasteiger partial charge in [0.05, 0.1) is 0 Å². The van der Waals surface area contributed by atoms with E-state index < -0.39 is 0 Å². The zero-order valence-electron chi connectivity index (χ0n) is 20.6. The summed E-state index contributed by atoms with van der Waals surface area (Å²) in [6.07, 6.45) is 15.3. The van der Waals surface area contributed by atoms with Gasteiger partial charge in [0.25, 0.3) is 0 Å². The molecule has 0 radical (unpaired) electrons. The van der Waals surface area contributed by atoms with E-state index in [0.717, 1.165) is 45.8 Å². The maximum absolute atomic E-state index is 2.73. The van der Waals surface area contributed by atoms with Crippen LogP contribution in [0.25, 0.3) is 0 Å². The Morgan fingerprint density at radius 3 is 2.38 bits per heavy atom. The van der Waals surface area contributed by atoms with Crippen LogP contribution in [0.15, 0.2) is 0 Å². The van der Waals surface area contributed by atoms with Crippen molar-refractivity contribution in [2.24, 2.45) is 68.5 Å². The molecule has 11 unspecified atom stereocenters. The predicted molar refractivity (Wildman–Crippen MR) is 122 cm³/mol. The van der Waals surface area contributed by atoms with Crippen LogP contribution in [0.1, 0.15) is 113 Å². The van der Waals surface area contributed by atoms with Gasteiger partial charge in [-0.3, -0.25) is 0 Å². The molecule has 0 saturated heterocycles. The van der Waals surface area contributed by atoms with Crippen molar-refractivity contribution in [2.75, 3.05) is 0 Å². The zero-order chi connectivity index (χ0) is 20.6. The van der Waals surface area contributed by atoms with Gasteiger partial charge in [-0.25, -0.2) is 0 Å². The molecule has 0 heteroatoms. The van der Waals surface area contributed by atoms with Gasteiger partial charge >= 0.3 is 0 Å². The van der Waals surface area contributed by atoms with E-state index in [1.54, 1.807) is 32.1 Å². The van der Waals surface area contributed by atoms with Crippen LogP contribution >= 0.6 is 0 Å². The van der Waals surface area contributed by atoms with Crippen molar-refractivity contribution in [3.63, 3.8) is 0 Å². The van der Waals surface area contributed by atoms with Crippen molar-refractivity contribution in [1.82, 2.24) is 0 Å². The summed E-state index contributed by atoms with van der Waals surface area (Å²) in [5.41, 5.74) is 3.74. The molecular formula is C29H48. The van der Waals surface area contributed by atoms with E-state index in [1.165, 1.54) is 43.9 Å². The van der Waals surface area contributed by atoms with Crippen molar-refractivity contribution in [2.45, 2.75) is 113 Å². The summed E-state index contributed by atoms with van der Waals surface area (Å²) in [6.45, 7) is 17.9. The van der Waals surface area contributed by atoms with Crippen LogP contribution in [0.4, 0.5) is 0 Å². The highest BCUT2D eigenvalue weighted by Gasteiger charge is 3.05. The second-order valence-electron chi connectivity index (χ2n) is 14.6. The summed E-state index contributed by atoms with van der Waals surface area (Å²) >= 11 is 0. The molecule has 0 aliphatic heterocycles. The Kier molecular flexibility index (Phi) is 3.72. The predicted octanol–water partition coefficient (Wildman–Crippen LogP) is 8.35. The molecule has 6 aliphatic carbocycles. The largest absolute Gasteiger partial charge is 0.0654 e. The summed E-state index contributed by atoms with van der Waals surface area (Å²) in [5.74, 6) is 7.67. The van der Waals surface area contributed by atoms with Crippen LogP contribution in [-0.2, 0) is 0 Å². The molecule has 0 amide bonds. The first-order chi connectivity index (χ1) is 13.6. The maximum Gasteiger partial charge on any atom is -0.0113 e. The molecule has 6 fully saturated rings. The van der Waals surface area contributed by atoms with Gasteiger partial charge in [-0.2, -0.15) is 0 Å². The topological polar surface area (TPSA) is 0 Å². The highest BCUT2D eigenvalue weighted by atomic mass is 15.1. The quantitative estimate of drug-likeness (QED) is 0.348. The minimum Gasteiger partial charge on any atom is -0.0654 e. The molecular weight excluding hydrogens is 348 g/mol. The van der Waals surface area contributed by atoms with Gasteiger partial charge in [0.2, 0.25) is 0 Å². The Morgan fingerprint density at radius 2 is 1.76 bits per heavy atom. The van der Waals surface area contributed by atoms with Crippen LogP contribution in [0, 0.1) is 68.5 Å². The molecule has 11 atom stereocenters. The minimum absolute atomic E-state index is 0.551. The van der Waals surface area contributed by atoms with Gasteiger partial charge < -0.3 is 0 Å². The number of fused-ring (bicyclic) bond motifs is 1. The molecule has 0 aromatic rings. The highest BCUT2D eigenvalue weighted by Crippen LogP contribution is 3.10. The summed E-state index contributed by atoms with van der Waals surface area (Å²) in [5, 5.41) is 0. The fraction of sp³-hybridized carbons (Fsp3) is 1.00. The molecule has 0 nitrogen and oxygen atoms in total. The van der Waals surface area contributed by atoms with E-state index >= 15 is 0 Å². The summed E-state index contributed by atoms with van der Waals surface area (Å²) in [6, 6.07) is 0. The first-order valence-electron chi connectivity index (χ1n) is 13.6. The highest BCUT2D eigenvalue weighted by molar-refractivity contribution is 5.52. The van der Waals surface area contributed by atoms with E-state index in [2.05, 4.69) is 48.5 Å². The van der Waals surface area contributed by atoms with E-state index in [-0.39, 0.29) is 0 Å². The summed E-state index contributed by atoms with van der Waals surface area (Å²) in [4.78, 5) is 0. The molecule has 0 bridgehead atoms. The van der Waals surface area contributed by atoms with Crippen LogP contribution in [0.2, 0.25) is 0 Å². The van der Waals surface area contributed by atoms with Gasteiger partial charge in [-0.15, -0.1) is 0 Å². The van der Waals surface area contributed by atoms with Gasteiger partial charge in [-0.1, -0.05) is 61.3 Å². The average Bonchev–Trinajstić information content (AvgIpc) is 3.44. The van der Waals surface area contributed by atoms with Crippen molar-refractivity contribution < 1.29 is 0 Å². The third-order valence-electron chi connectivity index (χ3n) is 13.3. The van der Waals surface area contributed by atoms with Gasteiger partial charge in [-0.05, 0) is 120 Å². The zero-order valence-corrected chi connectivity index (χ0v) is 20.6. The lowest BCUT2D eigenvalue weighted by Gasteiger charge is -2.45. The Hall–Kier alpha value is 0. The van der Waals surface area contributed by atoms with E-state index in [1.807, 2.05) is 0 Å². The van der Waals surface area contributed by atoms with Crippen molar-refractivity contribution in [3.8, 4) is 0 Å². The molecule has 6 aliphatic rings. The van der Waals surface area contributed by atoms with Crippen molar-refractivity contribution >= 4 is 0 Å². The van der Waals surface area contributed by atoms with Crippen LogP contribution in [0.3, 0.4) is 0 Å². The first kappa shape index (κ1) is 19.7. The normalized spacial score (nSPS) is 58.9. The van der Waals surface area contributed by atoms with Gasteiger partial charge in [0.15, 0.2) is 0 Å². The molecule has 6 saturated carbocycles. The Balaban J connectivity index is 1.02. The molecule has 0 aromatic carbocycles. The van der Waals surface area contributed by atoms with Crippen molar-refractivity contribution in [3.05, 3.63) is 0 Å². The molecule has 0 aromatic heterocycles. The summed E-state index contributed by atoms with van der Waals surface area (Å²) < 4.78 is 0. The average molecular weight is 397 g/mol. The fourth-order valence-electron chi connectivity index (χ4n) is 10.7. The third kappa shape index (κ3) is 2.19. The van der Waals surface area contributed by atoms with E-state index in [9.17, 15) is 0 Å². The SMILES string of the molecule is CCCC(C)(C)C1(C)CC1CCC1(C)C2C3CC4(CC4CCC(C)C4CC4C)C321. The first-order valence-corrected chi connectivity index (χ1v) is 13.6. The monoisotopic (exact) mass is 396 g/mol. The number of hydrogen-bond donors (Lipinski definition) is 0. The second kappa shape index (κ2) is 5.49. The van der Waals surface area contributed by atoms with E-state index in [4.69, 9.17) is 0 Å². The molecule has 2 spiro atoms. The van der Waals surface area contributed by atoms with Gasteiger partial charge in [0, 0.05) is 0 Å².